The predicted molar refractivity (Wildman–Crippen MR) is 65.3 cm³/mol. The predicted octanol–water partition coefficient (Wildman–Crippen LogP) is 2.20. The van der Waals surface area contributed by atoms with E-state index >= 15 is 0 Å². The van der Waals surface area contributed by atoms with Crippen LogP contribution in [0.5, 0.6) is 0 Å². The third kappa shape index (κ3) is 3.76. The zero-order valence-electron chi connectivity index (χ0n) is 9.95. The Morgan fingerprint density at radius 3 is 2.73 bits per heavy atom. The molecular formula is C10H20N4S. The van der Waals surface area contributed by atoms with Crippen LogP contribution in [0.1, 0.15) is 31.7 Å². The van der Waals surface area contributed by atoms with Crippen LogP contribution < -0.4 is 5.32 Å². The van der Waals surface area contributed by atoms with Gasteiger partial charge in [-0.05, 0) is 20.4 Å². The van der Waals surface area contributed by atoms with Gasteiger partial charge >= 0.3 is 0 Å². The smallest absolute Gasteiger partial charge is 0.205 e. The molecule has 5 heteroatoms. The second kappa shape index (κ2) is 6.02. The summed E-state index contributed by atoms with van der Waals surface area (Å²) in [5, 5.41) is 13.1. The molecule has 0 amide bonds. The van der Waals surface area contributed by atoms with Gasteiger partial charge in [0.25, 0.3) is 0 Å². The molecule has 0 saturated carbocycles. The lowest BCUT2D eigenvalue weighted by Gasteiger charge is -2.22. The van der Waals surface area contributed by atoms with E-state index in [1.165, 1.54) is 12.8 Å². The molecule has 86 valence electrons. The van der Waals surface area contributed by atoms with Crippen molar-refractivity contribution >= 4 is 16.5 Å². The van der Waals surface area contributed by atoms with Crippen LogP contribution in [0.3, 0.4) is 0 Å². The summed E-state index contributed by atoms with van der Waals surface area (Å²) >= 11 is 1.62. The molecule has 4 nitrogen and oxygen atoms in total. The largest absolute Gasteiger partial charge is 0.363 e. The minimum Gasteiger partial charge on any atom is -0.363 e. The van der Waals surface area contributed by atoms with Gasteiger partial charge in [0.05, 0.1) is 6.54 Å². The van der Waals surface area contributed by atoms with Crippen LogP contribution in [-0.4, -0.2) is 35.2 Å². The maximum atomic E-state index is 4.13. The molecule has 0 aliphatic rings. The highest BCUT2D eigenvalue weighted by molar-refractivity contribution is 7.15. The lowest BCUT2D eigenvalue weighted by Crippen LogP contribution is -2.28. The molecule has 1 unspecified atom stereocenters. The molecular weight excluding hydrogens is 208 g/mol. The second-order valence-corrected chi connectivity index (χ2v) is 4.87. The van der Waals surface area contributed by atoms with Gasteiger partial charge in [-0.3, -0.25) is 4.90 Å². The Bertz CT molecular complexity index is 287. The number of rotatable bonds is 6. The lowest BCUT2D eigenvalue weighted by molar-refractivity contribution is 0.236. The van der Waals surface area contributed by atoms with Crippen LogP contribution in [0.2, 0.25) is 0 Å². The number of hydrogen-bond acceptors (Lipinski definition) is 5. The van der Waals surface area contributed by atoms with E-state index in [0.717, 1.165) is 16.7 Å². The normalized spacial score (nSPS) is 13.1. The van der Waals surface area contributed by atoms with E-state index in [9.17, 15) is 0 Å². The van der Waals surface area contributed by atoms with Gasteiger partial charge in [-0.25, -0.2) is 0 Å². The molecule has 0 aliphatic carbocycles. The molecule has 0 bridgehead atoms. The van der Waals surface area contributed by atoms with Crippen molar-refractivity contribution in [3.63, 3.8) is 0 Å². The minimum absolute atomic E-state index is 0.608. The molecule has 1 aromatic rings. The molecule has 0 saturated heterocycles. The molecule has 0 fully saturated rings. The van der Waals surface area contributed by atoms with Crippen molar-refractivity contribution in [1.82, 2.24) is 15.1 Å². The summed E-state index contributed by atoms with van der Waals surface area (Å²) in [6.45, 7) is 5.36. The summed E-state index contributed by atoms with van der Waals surface area (Å²) in [6, 6.07) is 0.608. The Kier molecular flexibility index (Phi) is 4.98. The highest BCUT2D eigenvalue weighted by Crippen LogP contribution is 2.17. The van der Waals surface area contributed by atoms with E-state index < -0.39 is 0 Å². The van der Waals surface area contributed by atoms with Crippen molar-refractivity contribution in [3.8, 4) is 0 Å². The van der Waals surface area contributed by atoms with E-state index in [1.807, 2.05) is 7.05 Å². The summed E-state index contributed by atoms with van der Waals surface area (Å²) < 4.78 is 0. The van der Waals surface area contributed by atoms with E-state index in [-0.39, 0.29) is 0 Å². The quantitative estimate of drug-likeness (QED) is 0.810. The molecule has 0 radical (unpaired) electrons. The zero-order chi connectivity index (χ0) is 11.3. The Morgan fingerprint density at radius 1 is 1.47 bits per heavy atom. The Morgan fingerprint density at radius 2 is 2.20 bits per heavy atom. The maximum Gasteiger partial charge on any atom is 0.205 e. The fourth-order valence-electron chi connectivity index (χ4n) is 1.43. The van der Waals surface area contributed by atoms with E-state index in [0.29, 0.717) is 6.04 Å². The zero-order valence-corrected chi connectivity index (χ0v) is 10.8. The molecule has 1 heterocycles. The summed E-state index contributed by atoms with van der Waals surface area (Å²) in [7, 11) is 4.01. The second-order valence-electron chi connectivity index (χ2n) is 3.80. The molecule has 15 heavy (non-hydrogen) atoms. The van der Waals surface area contributed by atoms with Crippen molar-refractivity contribution in [3.05, 3.63) is 5.01 Å². The summed E-state index contributed by atoms with van der Waals surface area (Å²) in [5.41, 5.74) is 0. The monoisotopic (exact) mass is 228 g/mol. The Labute approximate surface area is 95.7 Å². The van der Waals surface area contributed by atoms with Gasteiger partial charge < -0.3 is 5.32 Å². The third-order valence-electron chi connectivity index (χ3n) is 2.52. The van der Waals surface area contributed by atoms with Crippen LogP contribution in [0.4, 0.5) is 5.13 Å². The summed E-state index contributed by atoms with van der Waals surface area (Å²) in [4.78, 5) is 2.32. The van der Waals surface area contributed by atoms with Gasteiger partial charge in [0.2, 0.25) is 5.13 Å². The van der Waals surface area contributed by atoms with Crippen molar-refractivity contribution in [1.29, 1.82) is 0 Å². The van der Waals surface area contributed by atoms with Crippen LogP contribution in [0.25, 0.3) is 0 Å². The number of hydrogen-bond donors (Lipinski definition) is 1. The number of aromatic nitrogens is 2. The van der Waals surface area contributed by atoms with Gasteiger partial charge in [-0.1, -0.05) is 24.7 Å². The fraction of sp³-hybridized carbons (Fsp3) is 0.800. The molecule has 1 atom stereocenters. The van der Waals surface area contributed by atoms with Crippen molar-refractivity contribution in [2.75, 3.05) is 19.4 Å². The molecule has 1 N–H and O–H groups in total. The molecule has 0 aromatic carbocycles. The van der Waals surface area contributed by atoms with Crippen LogP contribution in [0.15, 0.2) is 0 Å². The maximum absolute atomic E-state index is 4.13. The van der Waals surface area contributed by atoms with E-state index in [2.05, 4.69) is 41.3 Å². The van der Waals surface area contributed by atoms with Gasteiger partial charge in [0.15, 0.2) is 0 Å². The van der Waals surface area contributed by atoms with Gasteiger partial charge in [-0.15, -0.1) is 10.2 Å². The van der Waals surface area contributed by atoms with Crippen LogP contribution in [-0.2, 0) is 6.54 Å². The summed E-state index contributed by atoms with van der Waals surface area (Å²) in [6.07, 6.45) is 2.46. The molecule has 0 spiro atoms. The topological polar surface area (TPSA) is 41.1 Å². The van der Waals surface area contributed by atoms with Crippen molar-refractivity contribution in [2.45, 2.75) is 39.3 Å². The standard InChI is InChI=1S/C10H20N4S/c1-5-6-8(2)14(4)7-9-12-13-10(11-3)15-9/h8H,5-7H2,1-4H3,(H,11,13). The average Bonchev–Trinajstić information content (AvgIpc) is 2.66. The summed E-state index contributed by atoms with van der Waals surface area (Å²) in [5.74, 6) is 0. The van der Waals surface area contributed by atoms with Crippen LogP contribution >= 0.6 is 11.3 Å². The first-order chi connectivity index (χ1) is 7.17. The highest BCUT2D eigenvalue weighted by atomic mass is 32.1. The lowest BCUT2D eigenvalue weighted by atomic mass is 10.2. The van der Waals surface area contributed by atoms with Crippen molar-refractivity contribution < 1.29 is 0 Å². The van der Waals surface area contributed by atoms with Crippen LogP contribution in [0, 0.1) is 0 Å². The first-order valence-corrected chi connectivity index (χ1v) is 6.19. The minimum atomic E-state index is 0.608. The van der Waals surface area contributed by atoms with E-state index in [1.54, 1.807) is 11.3 Å². The number of nitrogens with zero attached hydrogens (tertiary/aromatic N) is 3. The van der Waals surface area contributed by atoms with Gasteiger partial charge in [0, 0.05) is 13.1 Å². The highest BCUT2D eigenvalue weighted by Gasteiger charge is 2.11. The molecule has 0 aliphatic heterocycles. The number of anilines is 1. The number of nitrogens with one attached hydrogen (secondary N) is 1. The molecule has 1 rings (SSSR count). The van der Waals surface area contributed by atoms with E-state index in [4.69, 9.17) is 0 Å². The Balaban J connectivity index is 2.46. The first kappa shape index (κ1) is 12.4. The van der Waals surface area contributed by atoms with Crippen molar-refractivity contribution in [2.24, 2.45) is 0 Å². The molecule has 1 aromatic heterocycles. The first-order valence-electron chi connectivity index (χ1n) is 5.37. The van der Waals surface area contributed by atoms with Gasteiger partial charge in [0.1, 0.15) is 5.01 Å². The average molecular weight is 228 g/mol. The fourth-order valence-corrected chi connectivity index (χ4v) is 2.18. The van der Waals surface area contributed by atoms with Gasteiger partial charge in [-0.2, -0.15) is 0 Å². The Hall–Kier alpha value is -0.680. The SMILES string of the molecule is CCCC(C)N(C)Cc1nnc(NC)s1. The third-order valence-corrected chi connectivity index (χ3v) is 3.45.